The smallest absolute Gasteiger partial charge is 0.319 e. The van der Waals surface area contributed by atoms with Gasteiger partial charge in [-0.05, 0) is 31.6 Å². The highest BCUT2D eigenvalue weighted by atomic mass is 16.5. The molecule has 1 aliphatic carbocycles. The van der Waals surface area contributed by atoms with E-state index in [0.29, 0.717) is 38.5 Å². The normalized spacial score (nSPS) is 26.5. The molecular formula is C13H21NO4. The van der Waals surface area contributed by atoms with E-state index in [0.717, 1.165) is 19.3 Å². The van der Waals surface area contributed by atoms with E-state index in [1.165, 1.54) is 0 Å². The minimum absolute atomic E-state index is 0.179. The van der Waals surface area contributed by atoms with Crippen molar-refractivity contribution in [2.24, 2.45) is 11.3 Å². The number of hydrogen-bond acceptors (Lipinski definition) is 3. The van der Waals surface area contributed by atoms with Gasteiger partial charge in [-0.15, -0.1) is 0 Å². The van der Waals surface area contributed by atoms with E-state index in [4.69, 9.17) is 4.74 Å². The second-order valence-electron chi connectivity index (χ2n) is 5.46. The first-order valence-electron chi connectivity index (χ1n) is 6.62. The summed E-state index contributed by atoms with van der Waals surface area (Å²) in [5.41, 5.74) is -1.12. The number of ether oxygens (including phenoxy) is 1. The number of hydrogen-bond donors (Lipinski definition) is 1. The molecule has 0 aromatic rings. The molecule has 0 aromatic heterocycles. The number of piperidine rings is 1. The van der Waals surface area contributed by atoms with Crippen LogP contribution in [0.3, 0.4) is 0 Å². The van der Waals surface area contributed by atoms with E-state index in [9.17, 15) is 14.7 Å². The van der Waals surface area contributed by atoms with Gasteiger partial charge >= 0.3 is 5.97 Å². The number of carbonyl (C=O) groups excluding carboxylic acids is 1. The van der Waals surface area contributed by atoms with Crippen molar-refractivity contribution in [3.05, 3.63) is 0 Å². The van der Waals surface area contributed by atoms with Crippen molar-refractivity contribution in [1.29, 1.82) is 0 Å². The molecule has 1 N–H and O–H groups in total. The minimum Gasteiger partial charge on any atom is -0.480 e. The molecule has 1 aliphatic heterocycles. The van der Waals surface area contributed by atoms with Crippen molar-refractivity contribution in [3.8, 4) is 0 Å². The summed E-state index contributed by atoms with van der Waals surface area (Å²) in [7, 11) is 1.66. The molecule has 2 rings (SSSR count). The van der Waals surface area contributed by atoms with Gasteiger partial charge in [-0.2, -0.15) is 0 Å². The van der Waals surface area contributed by atoms with Crippen LogP contribution in [0, 0.1) is 11.3 Å². The zero-order valence-corrected chi connectivity index (χ0v) is 10.9. The highest BCUT2D eigenvalue weighted by Crippen LogP contribution is 2.43. The molecule has 0 bridgehead atoms. The molecule has 0 spiro atoms. The first-order chi connectivity index (χ1) is 8.60. The van der Waals surface area contributed by atoms with E-state index in [1.54, 1.807) is 12.0 Å². The van der Waals surface area contributed by atoms with Crippen molar-refractivity contribution in [2.45, 2.75) is 32.1 Å². The lowest BCUT2D eigenvalue weighted by atomic mass is 9.67. The van der Waals surface area contributed by atoms with Crippen molar-refractivity contribution in [3.63, 3.8) is 0 Å². The molecule has 2 fully saturated rings. The van der Waals surface area contributed by atoms with Gasteiger partial charge in [-0.3, -0.25) is 9.59 Å². The number of methoxy groups -OCH3 is 1. The number of carbonyl (C=O) groups is 2. The highest BCUT2D eigenvalue weighted by Gasteiger charge is 2.53. The molecule has 1 saturated heterocycles. The van der Waals surface area contributed by atoms with Crippen LogP contribution in [0.25, 0.3) is 0 Å². The molecule has 2 aliphatic rings. The third kappa shape index (κ3) is 2.23. The van der Waals surface area contributed by atoms with E-state index < -0.39 is 11.4 Å². The summed E-state index contributed by atoms with van der Waals surface area (Å²) in [6.45, 7) is 1.97. The van der Waals surface area contributed by atoms with E-state index >= 15 is 0 Å². The predicted molar refractivity (Wildman–Crippen MR) is 65.1 cm³/mol. The second-order valence-corrected chi connectivity index (χ2v) is 5.46. The third-order valence-corrected chi connectivity index (χ3v) is 4.23. The average molecular weight is 255 g/mol. The molecule has 1 atom stereocenters. The third-order valence-electron chi connectivity index (χ3n) is 4.23. The average Bonchev–Trinajstić information content (AvgIpc) is 2.27. The minimum atomic E-state index is -1.12. The maximum Gasteiger partial charge on any atom is 0.319 e. The maximum absolute atomic E-state index is 12.4. The quantitative estimate of drug-likeness (QED) is 0.765. The van der Waals surface area contributed by atoms with Crippen LogP contribution in [0.1, 0.15) is 32.1 Å². The summed E-state index contributed by atoms with van der Waals surface area (Å²) < 4.78 is 5.13. The Morgan fingerprint density at radius 2 is 2.11 bits per heavy atom. The molecule has 5 nitrogen and oxygen atoms in total. The van der Waals surface area contributed by atoms with Crippen molar-refractivity contribution >= 4 is 11.9 Å². The summed E-state index contributed by atoms with van der Waals surface area (Å²) in [5, 5.41) is 9.28. The van der Waals surface area contributed by atoms with Crippen LogP contribution in [-0.4, -0.2) is 48.7 Å². The van der Waals surface area contributed by atoms with Gasteiger partial charge < -0.3 is 14.7 Å². The molecule has 102 valence electrons. The van der Waals surface area contributed by atoms with E-state index in [1.807, 2.05) is 0 Å². The van der Waals surface area contributed by atoms with Crippen molar-refractivity contribution in [2.75, 3.05) is 26.8 Å². The van der Waals surface area contributed by atoms with Crippen LogP contribution in [0.5, 0.6) is 0 Å². The molecule has 1 amide bonds. The number of amides is 1. The van der Waals surface area contributed by atoms with Crippen LogP contribution in [0.15, 0.2) is 0 Å². The van der Waals surface area contributed by atoms with Crippen LogP contribution in [0.2, 0.25) is 0 Å². The monoisotopic (exact) mass is 255 g/mol. The molecule has 5 heteroatoms. The van der Waals surface area contributed by atoms with Crippen molar-refractivity contribution in [1.82, 2.24) is 4.90 Å². The molecule has 0 aromatic carbocycles. The van der Waals surface area contributed by atoms with Crippen LogP contribution in [0.4, 0.5) is 0 Å². The molecule has 18 heavy (non-hydrogen) atoms. The Morgan fingerprint density at radius 3 is 2.61 bits per heavy atom. The summed E-state index contributed by atoms with van der Waals surface area (Å²) in [4.78, 5) is 25.5. The van der Waals surface area contributed by atoms with E-state index in [-0.39, 0.29) is 5.91 Å². The number of likely N-dealkylation sites (tertiary alicyclic amines) is 1. The lowest BCUT2D eigenvalue weighted by Crippen LogP contribution is -2.55. The molecule has 1 saturated carbocycles. The van der Waals surface area contributed by atoms with Gasteiger partial charge in [0, 0.05) is 20.2 Å². The summed E-state index contributed by atoms with van der Waals surface area (Å²) >= 11 is 0. The van der Waals surface area contributed by atoms with Crippen LogP contribution >= 0.6 is 0 Å². The highest BCUT2D eigenvalue weighted by molar-refractivity contribution is 6.02. The molecular weight excluding hydrogens is 234 g/mol. The fourth-order valence-electron chi connectivity index (χ4n) is 2.97. The summed E-state index contributed by atoms with van der Waals surface area (Å²) in [6.07, 6.45) is 3.82. The second kappa shape index (κ2) is 5.26. The van der Waals surface area contributed by atoms with Crippen molar-refractivity contribution < 1.29 is 19.4 Å². The molecule has 0 radical (unpaired) electrons. The zero-order valence-electron chi connectivity index (χ0n) is 10.9. The largest absolute Gasteiger partial charge is 0.480 e. The standard InChI is InChI=1S/C13H21NO4/c1-18-9-10-4-2-7-14(8-10)11(15)13(12(16)17)5-3-6-13/h10H,2-9H2,1H3,(H,16,17). The van der Waals surface area contributed by atoms with Crippen LogP contribution in [-0.2, 0) is 14.3 Å². The molecule has 1 unspecified atom stereocenters. The Balaban J connectivity index is 2.02. The van der Waals surface area contributed by atoms with Gasteiger partial charge in [-0.1, -0.05) is 6.42 Å². The predicted octanol–water partition coefficient (Wildman–Crippen LogP) is 1.13. The number of nitrogens with zero attached hydrogens (tertiary/aromatic N) is 1. The van der Waals surface area contributed by atoms with Gasteiger partial charge in [0.25, 0.3) is 0 Å². The Bertz CT molecular complexity index is 336. The van der Waals surface area contributed by atoms with Gasteiger partial charge in [0.15, 0.2) is 0 Å². The number of carboxylic acid groups (broad SMARTS) is 1. The SMILES string of the molecule is COCC1CCCN(C(=O)C2(C(=O)O)CCC2)C1. The Kier molecular flexibility index (Phi) is 3.90. The van der Waals surface area contributed by atoms with Gasteiger partial charge in [0.1, 0.15) is 5.41 Å². The maximum atomic E-state index is 12.4. The fraction of sp³-hybridized carbons (Fsp3) is 0.846. The first kappa shape index (κ1) is 13.3. The number of aliphatic carboxylic acids is 1. The van der Waals surface area contributed by atoms with Gasteiger partial charge in [0.2, 0.25) is 5.91 Å². The first-order valence-corrected chi connectivity index (χ1v) is 6.62. The van der Waals surface area contributed by atoms with Crippen LogP contribution < -0.4 is 0 Å². The number of carboxylic acids is 1. The van der Waals surface area contributed by atoms with Gasteiger partial charge in [0.05, 0.1) is 6.61 Å². The Hall–Kier alpha value is -1.10. The zero-order chi connectivity index (χ0) is 13.2. The Morgan fingerprint density at radius 1 is 1.39 bits per heavy atom. The number of rotatable bonds is 4. The van der Waals surface area contributed by atoms with E-state index in [2.05, 4.69) is 0 Å². The Labute approximate surface area is 107 Å². The lowest BCUT2D eigenvalue weighted by molar-refractivity contribution is -0.168. The fourth-order valence-corrected chi connectivity index (χ4v) is 2.97. The summed E-state index contributed by atoms with van der Waals surface area (Å²) in [5.74, 6) is -0.784. The molecule has 1 heterocycles. The topological polar surface area (TPSA) is 66.8 Å². The lowest BCUT2D eigenvalue weighted by Gasteiger charge is -2.42. The van der Waals surface area contributed by atoms with Gasteiger partial charge in [-0.25, -0.2) is 0 Å². The summed E-state index contributed by atoms with van der Waals surface area (Å²) in [6, 6.07) is 0.